The predicted octanol–water partition coefficient (Wildman–Crippen LogP) is 3.01. The summed E-state index contributed by atoms with van der Waals surface area (Å²) >= 11 is 0. The SMILES string of the molecule is CCC1CNCC2(CCCCc3ccccc32)O1. The van der Waals surface area contributed by atoms with Crippen molar-refractivity contribution in [2.45, 2.75) is 50.7 Å². The monoisotopic (exact) mass is 245 g/mol. The van der Waals surface area contributed by atoms with E-state index in [1.54, 1.807) is 0 Å². The molecule has 0 aromatic heterocycles. The van der Waals surface area contributed by atoms with E-state index in [0.29, 0.717) is 6.10 Å². The van der Waals surface area contributed by atoms with Gasteiger partial charge in [0.25, 0.3) is 0 Å². The van der Waals surface area contributed by atoms with Crippen LogP contribution in [0, 0.1) is 0 Å². The molecule has 2 aliphatic rings. The summed E-state index contributed by atoms with van der Waals surface area (Å²) in [4.78, 5) is 0. The molecule has 1 aromatic carbocycles. The highest BCUT2D eigenvalue weighted by Crippen LogP contribution is 2.39. The molecule has 1 fully saturated rings. The summed E-state index contributed by atoms with van der Waals surface area (Å²) in [5, 5.41) is 3.59. The third kappa shape index (κ3) is 2.08. The molecule has 3 rings (SSSR count). The third-order valence-corrected chi connectivity index (χ3v) is 4.42. The number of hydrogen-bond acceptors (Lipinski definition) is 2. The lowest BCUT2D eigenvalue weighted by Crippen LogP contribution is -2.51. The minimum atomic E-state index is -0.0635. The van der Waals surface area contributed by atoms with Crippen molar-refractivity contribution >= 4 is 0 Å². The van der Waals surface area contributed by atoms with Crippen molar-refractivity contribution in [3.8, 4) is 0 Å². The lowest BCUT2D eigenvalue weighted by Gasteiger charge is -2.42. The van der Waals surface area contributed by atoms with E-state index in [1.807, 2.05) is 0 Å². The third-order valence-electron chi connectivity index (χ3n) is 4.42. The van der Waals surface area contributed by atoms with Crippen LogP contribution in [-0.2, 0) is 16.8 Å². The first-order chi connectivity index (χ1) is 8.84. The van der Waals surface area contributed by atoms with Gasteiger partial charge in [0.2, 0.25) is 0 Å². The molecule has 0 saturated carbocycles. The fourth-order valence-corrected chi connectivity index (χ4v) is 3.41. The molecule has 1 heterocycles. The molecule has 2 nitrogen and oxygen atoms in total. The molecule has 0 radical (unpaired) electrons. The van der Waals surface area contributed by atoms with Gasteiger partial charge < -0.3 is 10.1 Å². The zero-order valence-corrected chi connectivity index (χ0v) is 11.2. The van der Waals surface area contributed by atoms with Crippen molar-refractivity contribution in [3.63, 3.8) is 0 Å². The van der Waals surface area contributed by atoms with E-state index in [0.717, 1.165) is 25.9 Å². The van der Waals surface area contributed by atoms with Crippen molar-refractivity contribution in [1.82, 2.24) is 5.32 Å². The molecule has 98 valence electrons. The molecule has 2 unspecified atom stereocenters. The molecule has 0 amide bonds. The highest BCUT2D eigenvalue weighted by atomic mass is 16.5. The fraction of sp³-hybridized carbons (Fsp3) is 0.625. The van der Waals surface area contributed by atoms with Crippen molar-refractivity contribution in [1.29, 1.82) is 0 Å². The number of fused-ring (bicyclic) bond motifs is 2. The standard InChI is InChI=1S/C16H23NO/c1-2-14-11-17-12-16(18-14)10-6-5-8-13-7-3-4-9-15(13)16/h3-4,7,9,14,17H,2,5-6,8,10-12H2,1H3. The van der Waals surface area contributed by atoms with Crippen LogP contribution in [0.5, 0.6) is 0 Å². The fourth-order valence-electron chi connectivity index (χ4n) is 3.41. The Balaban J connectivity index is 1.99. The van der Waals surface area contributed by atoms with Crippen molar-refractivity contribution in [2.24, 2.45) is 0 Å². The van der Waals surface area contributed by atoms with E-state index >= 15 is 0 Å². The first-order valence-corrected chi connectivity index (χ1v) is 7.31. The summed E-state index contributed by atoms with van der Waals surface area (Å²) in [6, 6.07) is 8.87. The average Bonchev–Trinajstić information content (AvgIpc) is 2.60. The van der Waals surface area contributed by atoms with Crippen LogP contribution in [0.2, 0.25) is 0 Å². The second-order valence-electron chi connectivity index (χ2n) is 5.64. The van der Waals surface area contributed by atoms with E-state index in [-0.39, 0.29) is 5.60 Å². The predicted molar refractivity (Wildman–Crippen MR) is 73.7 cm³/mol. The maximum atomic E-state index is 6.51. The molecule has 2 atom stereocenters. The van der Waals surface area contributed by atoms with Gasteiger partial charge in [-0.25, -0.2) is 0 Å². The number of benzene rings is 1. The van der Waals surface area contributed by atoms with Crippen LogP contribution in [0.15, 0.2) is 24.3 Å². The summed E-state index contributed by atoms with van der Waals surface area (Å²) in [5.41, 5.74) is 2.87. The number of morpholine rings is 1. The minimum Gasteiger partial charge on any atom is -0.364 e. The molecule has 1 aliphatic carbocycles. The molecule has 1 aromatic rings. The average molecular weight is 245 g/mol. The van der Waals surface area contributed by atoms with Crippen LogP contribution < -0.4 is 5.32 Å². The Kier molecular flexibility index (Phi) is 3.40. The Hall–Kier alpha value is -0.860. The number of ether oxygens (including phenoxy) is 1. The largest absolute Gasteiger partial charge is 0.364 e. The summed E-state index contributed by atoms with van der Waals surface area (Å²) in [6.45, 7) is 4.19. The highest BCUT2D eigenvalue weighted by Gasteiger charge is 2.40. The molecule has 1 aliphatic heterocycles. The van der Waals surface area contributed by atoms with Gasteiger partial charge in [0.05, 0.1) is 6.10 Å². The van der Waals surface area contributed by atoms with Crippen LogP contribution in [0.3, 0.4) is 0 Å². The van der Waals surface area contributed by atoms with E-state index in [9.17, 15) is 0 Å². The lowest BCUT2D eigenvalue weighted by atomic mass is 9.86. The molecule has 0 bridgehead atoms. The van der Waals surface area contributed by atoms with E-state index in [2.05, 4.69) is 36.5 Å². The van der Waals surface area contributed by atoms with Crippen molar-refractivity contribution < 1.29 is 4.74 Å². The molecular formula is C16H23NO. The molecule has 1 N–H and O–H groups in total. The van der Waals surface area contributed by atoms with Gasteiger partial charge in [0.15, 0.2) is 0 Å². The number of hydrogen-bond donors (Lipinski definition) is 1. The normalized spacial score (nSPS) is 31.9. The van der Waals surface area contributed by atoms with Gasteiger partial charge in [-0.1, -0.05) is 31.2 Å². The number of aryl methyl sites for hydroxylation is 1. The molecule has 2 heteroatoms. The molecule has 18 heavy (non-hydrogen) atoms. The zero-order valence-electron chi connectivity index (χ0n) is 11.2. The smallest absolute Gasteiger partial charge is 0.106 e. The van der Waals surface area contributed by atoms with Gasteiger partial charge in [-0.15, -0.1) is 0 Å². The van der Waals surface area contributed by atoms with Crippen LogP contribution >= 0.6 is 0 Å². The van der Waals surface area contributed by atoms with Gasteiger partial charge in [-0.2, -0.15) is 0 Å². The van der Waals surface area contributed by atoms with Gasteiger partial charge in [0, 0.05) is 13.1 Å². The maximum Gasteiger partial charge on any atom is 0.106 e. The Bertz CT molecular complexity index is 417. The zero-order chi connectivity index (χ0) is 12.4. The van der Waals surface area contributed by atoms with E-state index < -0.39 is 0 Å². The summed E-state index contributed by atoms with van der Waals surface area (Å²) in [5.74, 6) is 0. The first-order valence-electron chi connectivity index (χ1n) is 7.31. The molecule has 1 saturated heterocycles. The first kappa shape index (κ1) is 12.2. The van der Waals surface area contributed by atoms with Gasteiger partial charge in [-0.3, -0.25) is 0 Å². The van der Waals surface area contributed by atoms with E-state index in [1.165, 1.54) is 30.4 Å². The topological polar surface area (TPSA) is 21.3 Å². The van der Waals surface area contributed by atoms with Crippen LogP contribution in [0.1, 0.15) is 43.7 Å². The summed E-state index contributed by atoms with van der Waals surface area (Å²) < 4.78 is 6.51. The second kappa shape index (κ2) is 5.02. The van der Waals surface area contributed by atoms with Crippen molar-refractivity contribution in [2.75, 3.05) is 13.1 Å². The Labute approximate surface area is 110 Å². The summed E-state index contributed by atoms with van der Waals surface area (Å²) in [7, 11) is 0. The second-order valence-corrected chi connectivity index (χ2v) is 5.64. The van der Waals surface area contributed by atoms with Gasteiger partial charge in [-0.05, 0) is 43.2 Å². The lowest BCUT2D eigenvalue weighted by molar-refractivity contribution is -0.127. The van der Waals surface area contributed by atoms with Crippen molar-refractivity contribution in [3.05, 3.63) is 35.4 Å². The Morgan fingerprint density at radius 1 is 1.33 bits per heavy atom. The number of rotatable bonds is 1. The molecule has 1 spiro atoms. The highest BCUT2D eigenvalue weighted by molar-refractivity contribution is 5.34. The Morgan fingerprint density at radius 2 is 2.22 bits per heavy atom. The van der Waals surface area contributed by atoms with Crippen LogP contribution in [0.25, 0.3) is 0 Å². The quantitative estimate of drug-likeness (QED) is 0.821. The van der Waals surface area contributed by atoms with Crippen LogP contribution in [-0.4, -0.2) is 19.2 Å². The summed E-state index contributed by atoms with van der Waals surface area (Å²) in [6.07, 6.45) is 6.39. The maximum absolute atomic E-state index is 6.51. The Morgan fingerprint density at radius 3 is 3.11 bits per heavy atom. The van der Waals surface area contributed by atoms with E-state index in [4.69, 9.17) is 4.74 Å². The van der Waals surface area contributed by atoms with Gasteiger partial charge in [0.1, 0.15) is 5.60 Å². The minimum absolute atomic E-state index is 0.0635. The van der Waals surface area contributed by atoms with Crippen LogP contribution in [0.4, 0.5) is 0 Å². The molecular weight excluding hydrogens is 222 g/mol. The number of nitrogens with one attached hydrogen (secondary N) is 1. The van der Waals surface area contributed by atoms with Gasteiger partial charge >= 0.3 is 0 Å².